The van der Waals surface area contributed by atoms with E-state index < -0.39 is 0 Å². The van der Waals surface area contributed by atoms with Gasteiger partial charge in [0.15, 0.2) is 0 Å². The van der Waals surface area contributed by atoms with Gasteiger partial charge in [0, 0.05) is 23.4 Å². The molecule has 0 bridgehead atoms. The Morgan fingerprint density at radius 2 is 1.59 bits per heavy atom. The highest BCUT2D eigenvalue weighted by atomic mass is 16.1. The summed E-state index contributed by atoms with van der Waals surface area (Å²) in [6.45, 7) is 7.37. The van der Waals surface area contributed by atoms with Gasteiger partial charge in [-0.1, -0.05) is 60.2 Å². The normalized spacial score (nSPS) is 11.2. The van der Waals surface area contributed by atoms with Crippen LogP contribution < -0.4 is 5.32 Å². The van der Waals surface area contributed by atoms with Crippen LogP contribution in [0.2, 0.25) is 0 Å². The number of hydrogen-bond donors (Lipinski definition) is 1. The standard InChI is InChI=1S/C26H27N5O/c1-19-9-11-23(12-10-19)17-30-21(3)24(20(2)29-30)13-14-26(32)28-25-15-16-27-31(25)18-22-7-5-4-6-8-22/h4-16H,17-18H2,1-3H3,(H,28,32). The minimum atomic E-state index is -0.204. The number of carbonyl (C=O) groups excluding carboxylic acids is 1. The zero-order chi connectivity index (χ0) is 22.5. The molecular weight excluding hydrogens is 398 g/mol. The van der Waals surface area contributed by atoms with E-state index in [4.69, 9.17) is 0 Å². The second-order valence-electron chi connectivity index (χ2n) is 7.91. The Hall–Kier alpha value is -3.93. The number of carbonyl (C=O) groups is 1. The van der Waals surface area contributed by atoms with Crippen molar-refractivity contribution in [3.63, 3.8) is 0 Å². The summed E-state index contributed by atoms with van der Waals surface area (Å²) in [6, 6.07) is 20.3. The summed E-state index contributed by atoms with van der Waals surface area (Å²) in [6.07, 6.45) is 5.06. The second kappa shape index (κ2) is 9.47. The van der Waals surface area contributed by atoms with Gasteiger partial charge in [-0.05, 0) is 38.0 Å². The Balaban J connectivity index is 1.44. The molecular formula is C26H27N5O. The molecule has 0 saturated heterocycles. The quantitative estimate of drug-likeness (QED) is 0.435. The van der Waals surface area contributed by atoms with Crippen molar-refractivity contribution in [2.45, 2.75) is 33.9 Å². The average molecular weight is 426 g/mol. The highest BCUT2D eigenvalue weighted by Crippen LogP contribution is 2.17. The SMILES string of the molecule is Cc1ccc(Cn2nc(C)c(C=CC(=O)Nc3ccnn3Cc3ccccc3)c2C)cc1. The first kappa shape index (κ1) is 21.3. The third-order valence-electron chi connectivity index (χ3n) is 5.43. The maximum absolute atomic E-state index is 12.6. The highest BCUT2D eigenvalue weighted by Gasteiger charge is 2.11. The molecule has 162 valence electrons. The van der Waals surface area contributed by atoms with Gasteiger partial charge in [0.05, 0.1) is 25.0 Å². The molecule has 0 unspecified atom stereocenters. The lowest BCUT2D eigenvalue weighted by atomic mass is 10.1. The van der Waals surface area contributed by atoms with E-state index in [-0.39, 0.29) is 5.91 Å². The lowest BCUT2D eigenvalue weighted by Gasteiger charge is -2.08. The van der Waals surface area contributed by atoms with E-state index in [2.05, 4.69) is 46.7 Å². The van der Waals surface area contributed by atoms with E-state index in [1.54, 1.807) is 23.0 Å². The summed E-state index contributed by atoms with van der Waals surface area (Å²) in [5.74, 6) is 0.455. The molecule has 1 amide bonds. The molecule has 1 N–H and O–H groups in total. The van der Waals surface area contributed by atoms with Crippen LogP contribution in [-0.2, 0) is 17.9 Å². The van der Waals surface area contributed by atoms with Gasteiger partial charge in [0.25, 0.3) is 0 Å². The first-order valence-corrected chi connectivity index (χ1v) is 10.6. The van der Waals surface area contributed by atoms with Gasteiger partial charge in [-0.2, -0.15) is 10.2 Å². The van der Waals surface area contributed by atoms with E-state index in [0.29, 0.717) is 18.9 Å². The monoisotopic (exact) mass is 425 g/mol. The summed E-state index contributed by atoms with van der Waals surface area (Å²) in [5.41, 5.74) is 6.44. The first-order chi connectivity index (χ1) is 15.5. The molecule has 32 heavy (non-hydrogen) atoms. The zero-order valence-electron chi connectivity index (χ0n) is 18.6. The number of benzene rings is 2. The molecule has 4 aromatic rings. The Morgan fingerprint density at radius 3 is 2.34 bits per heavy atom. The number of hydrogen-bond acceptors (Lipinski definition) is 3. The highest BCUT2D eigenvalue weighted by molar-refractivity contribution is 6.01. The van der Waals surface area contributed by atoms with Crippen molar-refractivity contribution in [1.29, 1.82) is 0 Å². The van der Waals surface area contributed by atoms with Crippen LogP contribution in [0.5, 0.6) is 0 Å². The fourth-order valence-electron chi connectivity index (χ4n) is 3.62. The molecule has 2 aromatic carbocycles. The maximum atomic E-state index is 12.6. The lowest BCUT2D eigenvalue weighted by molar-refractivity contribution is -0.111. The van der Waals surface area contributed by atoms with Crippen molar-refractivity contribution < 1.29 is 4.79 Å². The molecule has 6 nitrogen and oxygen atoms in total. The van der Waals surface area contributed by atoms with Crippen LogP contribution in [0.15, 0.2) is 72.9 Å². The van der Waals surface area contributed by atoms with E-state index in [9.17, 15) is 4.79 Å². The van der Waals surface area contributed by atoms with Crippen LogP contribution in [0.1, 0.15) is 33.6 Å². The number of aromatic nitrogens is 4. The van der Waals surface area contributed by atoms with Gasteiger partial charge in [0.2, 0.25) is 5.91 Å². The minimum absolute atomic E-state index is 0.204. The number of nitrogens with one attached hydrogen (secondary N) is 1. The van der Waals surface area contributed by atoms with Crippen molar-refractivity contribution in [1.82, 2.24) is 19.6 Å². The van der Waals surface area contributed by atoms with Crippen molar-refractivity contribution in [3.8, 4) is 0 Å². The second-order valence-corrected chi connectivity index (χ2v) is 7.91. The van der Waals surface area contributed by atoms with Crippen LogP contribution in [-0.4, -0.2) is 25.5 Å². The molecule has 0 atom stereocenters. The fourth-order valence-corrected chi connectivity index (χ4v) is 3.62. The first-order valence-electron chi connectivity index (χ1n) is 10.6. The van der Waals surface area contributed by atoms with Crippen molar-refractivity contribution in [3.05, 3.63) is 107 Å². The van der Waals surface area contributed by atoms with Gasteiger partial charge in [-0.15, -0.1) is 0 Å². The molecule has 4 rings (SSSR count). The van der Waals surface area contributed by atoms with Gasteiger partial charge < -0.3 is 5.32 Å². The number of anilines is 1. The Labute approximate surface area is 188 Å². The largest absolute Gasteiger partial charge is 0.307 e. The predicted molar refractivity (Wildman–Crippen MR) is 127 cm³/mol. The van der Waals surface area contributed by atoms with Gasteiger partial charge >= 0.3 is 0 Å². The maximum Gasteiger partial charge on any atom is 0.249 e. The molecule has 0 spiro atoms. The molecule has 0 aliphatic heterocycles. The molecule has 0 saturated carbocycles. The van der Waals surface area contributed by atoms with Crippen LogP contribution in [0, 0.1) is 20.8 Å². The average Bonchev–Trinajstić information content (AvgIpc) is 3.32. The van der Waals surface area contributed by atoms with Crippen molar-refractivity contribution in [2.24, 2.45) is 0 Å². The van der Waals surface area contributed by atoms with Crippen LogP contribution in [0.4, 0.5) is 5.82 Å². The zero-order valence-corrected chi connectivity index (χ0v) is 18.6. The van der Waals surface area contributed by atoms with Crippen LogP contribution in [0.25, 0.3) is 6.08 Å². The molecule has 2 heterocycles. The topological polar surface area (TPSA) is 64.7 Å². The van der Waals surface area contributed by atoms with E-state index in [0.717, 1.165) is 22.5 Å². The fraction of sp³-hybridized carbons (Fsp3) is 0.192. The summed E-state index contributed by atoms with van der Waals surface area (Å²) < 4.78 is 3.75. The number of aryl methyl sites for hydroxylation is 2. The summed E-state index contributed by atoms with van der Waals surface area (Å²) in [7, 11) is 0. The molecule has 2 aromatic heterocycles. The van der Waals surface area contributed by atoms with E-state index >= 15 is 0 Å². The smallest absolute Gasteiger partial charge is 0.249 e. The summed E-state index contributed by atoms with van der Waals surface area (Å²) in [4.78, 5) is 12.6. The van der Waals surface area contributed by atoms with E-state index in [1.165, 1.54) is 11.1 Å². The summed E-state index contributed by atoms with van der Waals surface area (Å²) >= 11 is 0. The molecule has 0 aliphatic rings. The van der Waals surface area contributed by atoms with Crippen LogP contribution in [0.3, 0.4) is 0 Å². The Morgan fingerprint density at radius 1 is 0.906 bits per heavy atom. The molecule has 0 aliphatic carbocycles. The number of rotatable bonds is 7. The van der Waals surface area contributed by atoms with Gasteiger partial charge in [-0.25, -0.2) is 4.68 Å². The van der Waals surface area contributed by atoms with E-state index in [1.807, 2.05) is 54.9 Å². The Kier molecular flexibility index (Phi) is 6.31. The minimum Gasteiger partial charge on any atom is -0.307 e. The van der Waals surface area contributed by atoms with Crippen molar-refractivity contribution in [2.75, 3.05) is 5.32 Å². The summed E-state index contributed by atoms with van der Waals surface area (Å²) in [5, 5.41) is 11.9. The third kappa shape index (κ3) is 5.03. The Bertz CT molecular complexity index is 1230. The van der Waals surface area contributed by atoms with Crippen LogP contribution >= 0.6 is 0 Å². The third-order valence-corrected chi connectivity index (χ3v) is 5.43. The van der Waals surface area contributed by atoms with Gasteiger partial charge in [0.1, 0.15) is 5.82 Å². The molecule has 0 radical (unpaired) electrons. The molecule has 0 fully saturated rings. The van der Waals surface area contributed by atoms with Crippen molar-refractivity contribution >= 4 is 17.8 Å². The molecule has 6 heteroatoms. The predicted octanol–water partition coefficient (Wildman–Crippen LogP) is 4.75. The number of nitrogens with zero attached hydrogens (tertiary/aromatic N) is 4. The number of amides is 1. The lowest BCUT2D eigenvalue weighted by Crippen LogP contribution is -2.13. The van der Waals surface area contributed by atoms with Gasteiger partial charge in [-0.3, -0.25) is 9.48 Å².